The second kappa shape index (κ2) is 5.68. The second-order valence-corrected chi connectivity index (χ2v) is 6.02. The molecule has 2 heterocycles. The Hall–Kier alpha value is -0.120. The Morgan fingerprint density at radius 1 is 1.24 bits per heavy atom. The molecule has 0 radical (unpaired) electrons. The molecule has 2 aliphatic heterocycles. The number of hydrogen-bond donors (Lipinski definition) is 1. The van der Waals surface area contributed by atoms with Gasteiger partial charge in [0, 0.05) is 37.8 Å². The molecule has 2 saturated heterocycles. The maximum Gasteiger partial charge on any atom is 0.0244 e. The predicted octanol–water partition coefficient (Wildman–Crippen LogP) is 1.53. The van der Waals surface area contributed by atoms with Crippen LogP contribution in [0.1, 0.15) is 39.5 Å². The molecule has 2 aliphatic rings. The van der Waals surface area contributed by atoms with Gasteiger partial charge in [0.05, 0.1) is 0 Å². The molecule has 0 saturated carbocycles. The lowest BCUT2D eigenvalue weighted by Gasteiger charge is -2.36. The monoisotopic (exact) mass is 239 g/mol. The van der Waals surface area contributed by atoms with Crippen LogP contribution in [0.3, 0.4) is 0 Å². The van der Waals surface area contributed by atoms with Gasteiger partial charge in [-0.05, 0) is 32.2 Å². The van der Waals surface area contributed by atoms with Crippen molar-refractivity contribution in [3.63, 3.8) is 0 Å². The molecular formula is C14H29N3. The SMILES string of the molecule is CCC(C)C(CN)N1CCC2CCC(C1)N2C. The third kappa shape index (κ3) is 2.67. The second-order valence-electron chi connectivity index (χ2n) is 6.02. The fourth-order valence-corrected chi connectivity index (χ4v) is 3.65. The van der Waals surface area contributed by atoms with Gasteiger partial charge in [-0.1, -0.05) is 20.3 Å². The van der Waals surface area contributed by atoms with Crippen molar-refractivity contribution in [3.05, 3.63) is 0 Å². The fraction of sp³-hybridized carbons (Fsp3) is 1.00. The number of likely N-dealkylation sites (tertiary alicyclic amines) is 1. The first-order valence-corrected chi connectivity index (χ1v) is 7.33. The van der Waals surface area contributed by atoms with Crippen LogP contribution in [0.5, 0.6) is 0 Å². The van der Waals surface area contributed by atoms with Gasteiger partial charge < -0.3 is 5.73 Å². The lowest BCUT2D eigenvalue weighted by molar-refractivity contribution is 0.134. The van der Waals surface area contributed by atoms with Gasteiger partial charge in [0.25, 0.3) is 0 Å². The summed E-state index contributed by atoms with van der Waals surface area (Å²) in [5.41, 5.74) is 6.01. The predicted molar refractivity (Wildman–Crippen MR) is 73.1 cm³/mol. The van der Waals surface area contributed by atoms with Crippen molar-refractivity contribution in [1.82, 2.24) is 9.80 Å². The van der Waals surface area contributed by atoms with Crippen LogP contribution in [0.25, 0.3) is 0 Å². The Bertz CT molecular complexity index is 244. The molecule has 3 heteroatoms. The van der Waals surface area contributed by atoms with Gasteiger partial charge in [0.1, 0.15) is 0 Å². The van der Waals surface area contributed by atoms with Gasteiger partial charge in [-0.2, -0.15) is 0 Å². The molecule has 17 heavy (non-hydrogen) atoms. The van der Waals surface area contributed by atoms with E-state index in [9.17, 15) is 0 Å². The van der Waals surface area contributed by atoms with Crippen molar-refractivity contribution in [2.45, 2.75) is 57.7 Å². The summed E-state index contributed by atoms with van der Waals surface area (Å²) in [4.78, 5) is 5.29. The zero-order valence-corrected chi connectivity index (χ0v) is 11.7. The van der Waals surface area contributed by atoms with Crippen LogP contribution in [0.4, 0.5) is 0 Å². The van der Waals surface area contributed by atoms with E-state index in [1.165, 1.54) is 38.8 Å². The minimum atomic E-state index is 0.591. The number of likely N-dealkylation sites (N-methyl/N-ethyl adjacent to an activating group) is 1. The van der Waals surface area contributed by atoms with Gasteiger partial charge in [0.15, 0.2) is 0 Å². The van der Waals surface area contributed by atoms with Crippen LogP contribution in [0.2, 0.25) is 0 Å². The first kappa shape index (κ1) is 13.3. The molecule has 0 aliphatic carbocycles. The van der Waals surface area contributed by atoms with Gasteiger partial charge in [-0.15, -0.1) is 0 Å². The summed E-state index contributed by atoms with van der Waals surface area (Å²) in [6.45, 7) is 7.93. The van der Waals surface area contributed by atoms with E-state index in [4.69, 9.17) is 5.73 Å². The lowest BCUT2D eigenvalue weighted by Crippen LogP contribution is -2.48. The molecule has 2 fully saturated rings. The highest BCUT2D eigenvalue weighted by Crippen LogP contribution is 2.30. The highest BCUT2D eigenvalue weighted by atomic mass is 15.3. The highest BCUT2D eigenvalue weighted by molar-refractivity contribution is 4.93. The number of hydrogen-bond acceptors (Lipinski definition) is 3. The third-order valence-corrected chi connectivity index (χ3v) is 5.19. The lowest BCUT2D eigenvalue weighted by atomic mass is 9.96. The van der Waals surface area contributed by atoms with Gasteiger partial charge in [0.2, 0.25) is 0 Å². The van der Waals surface area contributed by atoms with Gasteiger partial charge >= 0.3 is 0 Å². The van der Waals surface area contributed by atoms with Crippen LogP contribution >= 0.6 is 0 Å². The van der Waals surface area contributed by atoms with E-state index >= 15 is 0 Å². The molecule has 4 atom stereocenters. The van der Waals surface area contributed by atoms with E-state index in [1.807, 2.05) is 0 Å². The van der Waals surface area contributed by atoms with Gasteiger partial charge in [-0.3, -0.25) is 9.80 Å². The molecule has 100 valence electrons. The Labute approximate surface area is 106 Å². The van der Waals surface area contributed by atoms with E-state index in [-0.39, 0.29) is 0 Å². The van der Waals surface area contributed by atoms with Crippen LogP contribution in [-0.4, -0.2) is 54.6 Å². The van der Waals surface area contributed by atoms with Crippen molar-refractivity contribution in [1.29, 1.82) is 0 Å². The normalized spacial score (nSPS) is 34.6. The molecule has 2 rings (SSSR count). The number of rotatable bonds is 4. The van der Waals surface area contributed by atoms with Gasteiger partial charge in [-0.25, -0.2) is 0 Å². The molecule has 0 amide bonds. The molecule has 0 spiro atoms. The van der Waals surface area contributed by atoms with Crippen LogP contribution < -0.4 is 5.73 Å². The molecular weight excluding hydrogens is 210 g/mol. The minimum absolute atomic E-state index is 0.591. The average molecular weight is 239 g/mol. The van der Waals surface area contributed by atoms with E-state index < -0.39 is 0 Å². The summed E-state index contributed by atoms with van der Waals surface area (Å²) >= 11 is 0. The minimum Gasteiger partial charge on any atom is -0.329 e. The zero-order valence-electron chi connectivity index (χ0n) is 11.7. The van der Waals surface area contributed by atoms with E-state index in [0.717, 1.165) is 24.5 Å². The molecule has 0 aromatic rings. The topological polar surface area (TPSA) is 32.5 Å². The van der Waals surface area contributed by atoms with E-state index in [0.29, 0.717) is 6.04 Å². The Morgan fingerprint density at radius 2 is 1.94 bits per heavy atom. The largest absolute Gasteiger partial charge is 0.329 e. The maximum absolute atomic E-state index is 6.01. The Balaban J connectivity index is 2.02. The van der Waals surface area contributed by atoms with Crippen molar-refractivity contribution in [3.8, 4) is 0 Å². The van der Waals surface area contributed by atoms with Crippen molar-refractivity contribution >= 4 is 0 Å². The Kier molecular flexibility index (Phi) is 4.45. The molecule has 3 nitrogen and oxygen atoms in total. The number of fused-ring (bicyclic) bond motifs is 2. The fourth-order valence-electron chi connectivity index (χ4n) is 3.65. The smallest absolute Gasteiger partial charge is 0.0244 e. The summed E-state index contributed by atoms with van der Waals surface area (Å²) in [5, 5.41) is 0. The first-order valence-electron chi connectivity index (χ1n) is 7.33. The van der Waals surface area contributed by atoms with Crippen molar-refractivity contribution < 1.29 is 0 Å². The number of nitrogens with zero attached hydrogens (tertiary/aromatic N) is 2. The summed E-state index contributed by atoms with van der Waals surface area (Å²) in [5.74, 6) is 0.724. The zero-order chi connectivity index (χ0) is 12.4. The van der Waals surface area contributed by atoms with Crippen LogP contribution in [-0.2, 0) is 0 Å². The molecule has 0 aromatic heterocycles. The standard InChI is InChI=1S/C14H29N3/c1-4-11(2)14(9-15)17-8-7-12-5-6-13(10-17)16(12)3/h11-14H,4-10,15H2,1-3H3. The maximum atomic E-state index is 6.01. The summed E-state index contributed by atoms with van der Waals surface area (Å²) in [7, 11) is 2.31. The van der Waals surface area contributed by atoms with Crippen molar-refractivity contribution in [2.75, 3.05) is 26.7 Å². The summed E-state index contributed by atoms with van der Waals surface area (Å²) in [6.07, 6.45) is 5.36. The summed E-state index contributed by atoms with van der Waals surface area (Å²) in [6, 6.07) is 2.20. The quantitative estimate of drug-likeness (QED) is 0.807. The third-order valence-electron chi connectivity index (χ3n) is 5.19. The molecule has 4 unspecified atom stereocenters. The Morgan fingerprint density at radius 3 is 2.59 bits per heavy atom. The average Bonchev–Trinajstić information content (AvgIpc) is 2.56. The van der Waals surface area contributed by atoms with Crippen LogP contribution in [0, 0.1) is 5.92 Å². The molecule has 2 bridgehead atoms. The number of nitrogens with two attached hydrogens (primary N) is 1. The van der Waals surface area contributed by atoms with Crippen LogP contribution in [0.15, 0.2) is 0 Å². The van der Waals surface area contributed by atoms with E-state index in [2.05, 4.69) is 30.7 Å². The highest BCUT2D eigenvalue weighted by Gasteiger charge is 2.36. The molecule has 0 aromatic carbocycles. The van der Waals surface area contributed by atoms with E-state index in [1.54, 1.807) is 0 Å². The summed E-state index contributed by atoms with van der Waals surface area (Å²) < 4.78 is 0. The van der Waals surface area contributed by atoms with Crippen molar-refractivity contribution in [2.24, 2.45) is 11.7 Å². The first-order chi connectivity index (χ1) is 8.17. The molecule has 2 N–H and O–H groups in total.